The zero-order valence-corrected chi connectivity index (χ0v) is 15.0. The van der Waals surface area contributed by atoms with E-state index >= 15 is 0 Å². The molecule has 0 saturated heterocycles. The maximum Gasteiger partial charge on any atom is 0.311 e. The van der Waals surface area contributed by atoms with Gasteiger partial charge in [0.05, 0.1) is 18.6 Å². The van der Waals surface area contributed by atoms with Crippen molar-refractivity contribution < 1.29 is 14.6 Å². The lowest BCUT2D eigenvalue weighted by Gasteiger charge is -2.34. The maximum atomic E-state index is 12.3. The number of carbonyl (C=O) groups excluding carboxylic acids is 1. The molecule has 1 fully saturated rings. The van der Waals surface area contributed by atoms with Gasteiger partial charge in [-0.15, -0.1) is 0 Å². The number of aliphatic hydroxyl groups excluding tert-OH is 1. The van der Waals surface area contributed by atoms with Crippen LogP contribution in [-0.4, -0.2) is 23.8 Å². The van der Waals surface area contributed by atoms with Crippen LogP contribution in [0.25, 0.3) is 0 Å². The van der Waals surface area contributed by atoms with Crippen molar-refractivity contribution >= 4 is 5.97 Å². The summed E-state index contributed by atoms with van der Waals surface area (Å²) in [6.07, 6.45) is 7.75. The Bertz CT molecular complexity index is 316. The molecule has 0 radical (unpaired) electrons. The quantitative estimate of drug-likeness (QED) is 0.634. The molecule has 1 saturated carbocycles. The Morgan fingerprint density at radius 1 is 1.23 bits per heavy atom. The van der Waals surface area contributed by atoms with Gasteiger partial charge in [0.15, 0.2) is 0 Å². The molecule has 0 spiro atoms. The molecule has 130 valence electrons. The van der Waals surface area contributed by atoms with Crippen LogP contribution >= 0.6 is 0 Å². The molecule has 1 aliphatic carbocycles. The molecule has 0 amide bonds. The average Bonchev–Trinajstić information content (AvgIpc) is 2.53. The SMILES string of the molecule is CCCCC(CC)COC(=O)C1CCC(C(C)CC)CC1O. The van der Waals surface area contributed by atoms with E-state index in [0.717, 1.165) is 38.5 Å². The van der Waals surface area contributed by atoms with Gasteiger partial charge in [-0.3, -0.25) is 4.79 Å². The second-order valence-electron chi connectivity index (χ2n) is 7.18. The minimum atomic E-state index is -0.518. The summed E-state index contributed by atoms with van der Waals surface area (Å²) in [4.78, 5) is 12.3. The van der Waals surface area contributed by atoms with E-state index in [9.17, 15) is 9.90 Å². The van der Waals surface area contributed by atoms with Crippen molar-refractivity contribution in [1.29, 1.82) is 0 Å². The molecule has 5 atom stereocenters. The first kappa shape index (κ1) is 19.5. The number of unbranched alkanes of at least 4 members (excludes halogenated alkanes) is 1. The molecule has 0 aromatic rings. The van der Waals surface area contributed by atoms with E-state index in [1.165, 1.54) is 12.8 Å². The molecule has 3 heteroatoms. The summed E-state index contributed by atoms with van der Waals surface area (Å²) >= 11 is 0. The Balaban J connectivity index is 2.39. The summed E-state index contributed by atoms with van der Waals surface area (Å²) in [6, 6.07) is 0. The van der Waals surface area contributed by atoms with Crippen LogP contribution in [0.3, 0.4) is 0 Å². The standard InChI is InChI=1S/C19H36O3/c1-5-8-9-15(7-3)13-22-19(21)17-11-10-16(12-18(17)20)14(4)6-2/h14-18,20H,5-13H2,1-4H3. The first-order valence-corrected chi connectivity index (χ1v) is 9.38. The van der Waals surface area contributed by atoms with E-state index in [4.69, 9.17) is 4.74 Å². The topological polar surface area (TPSA) is 46.5 Å². The van der Waals surface area contributed by atoms with Crippen molar-refractivity contribution in [3.8, 4) is 0 Å². The fourth-order valence-corrected chi connectivity index (χ4v) is 3.51. The van der Waals surface area contributed by atoms with Crippen LogP contribution in [0.2, 0.25) is 0 Å². The van der Waals surface area contributed by atoms with Gasteiger partial charge in [0, 0.05) is 0 Å². The number of carbonyl (C=O) groups is 1. The molecule has 0 heterocycles. The largest absolute Gasteiger partial charge is 0.465 e. The number of hydrogen-bond acceptors (Lipinski definition) is 3. The predicted molar refractivity (Wildman–Crippen MR) is 90.6 cm³/mol. The monoisotopic (exact) mass is 312 g/mol. The predicted octanol–water partition coefficient (Wildman–Crippen LogP) is 4.57. The summed E-state index contributed by atoms with van der Waals surface area (Å²) in [7, 11) is 0. The van der Waals surface area contributed by atoms with Gasteiger partial charge in [-0.2, -0.15) is 0 Å². The lowest BCUT2D eigenvalue weighted by Crippen LogP contribution is -2.37. The van der Waals surface area contributed by atoms with Crippen LogP contribution in [0.4, 0.5) is 0 Å². The summed E-state index contributed by atoms with van der Waals surface area (Å²) in [5.74, 6) is 1.17. The van der Waals surface area contributed by atoms with Crippen molar-refractivity contribution in [2.75, 3.05) is 6.61 Å². The Morgan fingerprint density at radius 3 is 2.50 bits per heavy atom. The molecule has 0 aliphatic heterocycles. The fraction of sp³-hybridized carbons (Fsp3) is 0.947. The van der Waals surface area contributed by atoms with Crippen LogP contribution in [0.15, 0.2) is 0 Å². The first-order chi connectivity index (χ1) is 10.5. The smallest absolute Gasteiger partial charge is 0.311 e. The fourth-order valence-electron chi connectivity index (χ4n) is 3.51. The highest BCUT2D eigenvalue weighted by Crippen LogP contribution is 2.35. The van der Waals surface area contributed by atoms with Gasteiger partial charge in [-0.05, 0) is 43.4 Å². The van der Waals surface area contributed by atoms with Gasteiger partial charge in [-0.1, -0.05) is 53.4 Å². The molecule has 3 nitrogen and oxygen atoms in total. The third-order valence-electron chi connectivity index (χ3n) is 5.61. The van der Waals surface area contributed by atoms with Crippen molar-refractivity contribution in [2.24, 2.45) is 23.7 Å². The van der Waals surface area contributed by atoms with Crippen molar-refractivity contribution in [1.82, 2.24) is 0 Å². The van der Waals surface area contributed by atoms with Crippen molar-refractivity contribution in [3.05, 3.63) is 0 Å². The molecular formula is C19H36O3. The van der Waals surface area contributed by atoms with Gasteiger partial charge in [0.2, 0.25) is 0 Å². The lowest BCUT2D eigenvalue weighted by atomic mass is 9.74. The first-order valence-electron chi connectivity index (χ1n) is 9.38. The zero-order valence-electron chi connectivity index (χ0n) is 15.0. The van der Waals surface area contributed by atoms with E-state index in [0.29, 0.717) is 24.4 Å². The van der Waals surface area contributed by atoms with Crippen LogP contribution in [0, 0.1) is 23.7 Å². The normalized spacial score (nSPS) is 28.1. The van der Waals surface area contributed by atoms with Gasteiger partial charge in [0.25, 0.3) is 0 Å². The van der Waals surface area contributed by atoms with E-state index < -0.39 is 6.10 Å². The molecule has 0 bridgehead atoms. The second-order valence-corrected chi connectivity index (χ2v) is 7.18. The molecule has 1 aliphatic rings. The third kappa shape index (κ3) is 5.91. The lowest BCUT2D eigenvalue weighted by molar-refractivity contribution is -0.157. The number of rotatable bonds is 9. The highest BCUT2D eigenvalue weighted by Gasteiger charge is 2.36. The number of ether oxygens (including phenoxy) is 1. The van der Waals surface area contributed by atoms with Gasteiger partial charge < -0.3 is 9.84 Å². The molecule has 1 rings (SSSR count). The highest BCUT2D eigenvalue weighted by atomic mass is 16.5. The highest BCUT2D eigenvalue weighted by molar-refractivity contribution is 5.73. The Morgan fingerprint density at radius 2 is 1.95 bits per heavy atom. The number of hydrogen-bond donors (Lipinski definition) is 1. The third-order valence-corrected chi connectivity index (χ3v) is 5.61. The van der Waals surface area contributed by atoms with Crippen LogP contribution in [0.1, 0.15) is 79.1 Å². The Kier molecular flexibility index (Phi) is 9.08. The van der Waals surface area contributed by atoms with Crippen molar-refractivity contribution in [3.63, 3.8) is 0 Å². The van der Waals surface area contributed by atoms with Crippen molar-refractivity contribution in [2.45, 2.75) is 85.2 Å². The molecule has 0 aromatic carbocycles. The second kappa shape index (κ2) is 10.3. The van der Waals surface area contributed by atoms with Crippen LogP contribution in [-0.2, 0) is 9.53 Å². The van der Waals surface area contributed by atoms with E-state index in [1.54, 1.807) is 0 Å². The molecule has 22 heavy (non-hydrogen) atoms. The summed E-state index contributed by atoms with van der Waals surface area (Å²) in [6.45, 7) is 9.30. The molecular weight excluding hydrogens is 276 g/mol. The van der Waals surface area contributed by atoms with E-state index in [1.807, 2.05) is 0 Å². The summed E-state index contributed by atoms with van der Waals surface area (Å²) in [5, 5.41) is 10.3. The molecule has 0 aromatic heterocycles. The summed E-state index contributed by atoms with van der Waals surface area (Å²) in [5.41, 5.74) is 0. The summed E-state index contributed by atoms with van der Waals surface area (Å²) < 4.78 is 5.53. The van der Waals surface area contributed by atoms with Crippen LogP contribution in [0.5, 0.6) is 0 Å². The van der Waals surface area contributed by atoms with Crippen LogP contribution < -0.4 is 0 Å². The zero-order chi connectivity index (χ0) is 16.5. The van der Waals surface area contributed by atoms with Gasteiger partial charge in [0.1, 0.15) is 0 Å². The van der Waals surface area contributed by atoms with Gasteiger partial charge >= 0.3 is 5.97 Å². The van der Waals surface area contributed by atoms with E-state index in [-0.39, 0.29) is 11.9 Å². The Hall–Kier alpha value is -0.570. The Labute approximate surface area is 136 Å². The minimum absolute atomic E-state index is 0.176. The molecule has 1 N–H and O–H groups in total. The average molecular weight is 312 g/mol. The maximum absolute atomic E-state index is 12.3. The number of esters is 1. The van der Waals surface area contributed by atoms with Gasteiger partial charge in [-0.25, -0.2) is 0 Å². The minimum Gasteiger partial charge on any atom is -0.465 e. The van der Waals surface area contributed by atoms with E-state index in [2.05, 4.69) is 27.7 Å². The molecule has 5 unspecified atom stereocenters. The number of aliphatic hydroxyl groups is 1.